The van der Waals surface area contributed by atoms with Crippen molar-refractivity contribution in [3.8, 4) is 11.5 Å². The van der Waals surface area contributed by atoms with Gasteiger partial charge < -0.3 is 24.7 Å². The van der Waals surface area contributed by atoms with E-state index in [9.17, 15) is 9.59 Å². The number of hydrogen-bond acceptors (Lipinski definition) is 8. The molecule has 1 unspecified atom stereocenters. The van der Waals surface area contributed by atoms with Crippen LogP contribution < -0.4 is 15.2 Å². The summed E-state index contributed by atoms with van der Waals surface area (Å²) in [5, 5.41) is 0.960. The third-order valence-corrected chi connectivity index (χ3v) is 3.87. The molecule has 8 nitrogen and oxygen atoms in total. The highest BCUT2D eigenvalue weighted by Crippen LogP contribution is 2.36. The minimum atomic E-state index is -1.14. The zero-order chi connectivity index (χ0) is 21.1. The van der Waals surface area contributed by atoms with E-state index in [2.05, 4.69) is 4.98 Å². The van der Waals surface area contributed by atoms with Gasteiger partial charge in [0.2, 0.25) is 0 Å². The molecule has 2 rings (SSSR count). The average molecular weight is 390 g/mol. The first-order valence-corrected chi connectivity index (χ1v) is 8.83. The lowest BCUT2D eigenvalue weighted by molar-refractivity contribution is -0.156. The average Bonchev–Trinajstić information content (AvgIpc) is 2.64. The summed E-state index contributed by atoms with van der Waals surface area (Å²) in [5.41, 5.74) is 5.93. The van der Waals surface area contributed by atoms with Crippen LogP contribution in [0.5, 0.6) is 11.5 Å². The lowest BCUT2D eigenvalue weighted by Gasteiger charge is -2.23. The summed E-state index contributed by atoms with van der Waals surface area (Å²) < 4.78 is 21.1. The molecule has 0 amide bonds. The smallest absolute Gasteiger partial charge is 0.340 e. The normalized spacial score (nSPS) is 12.4. The van der Waals surface area contributed by atoms with E-state index in [1.54, 1.807) is 39.8 Å². The fourth-order valence-corrected chi connectivity index (χ4v) is 2.68. The Kier molecular flexibility index (Phi) is 6.45. The number of fused-ring (bicyclic) bond motifs is 1. The van der Waals surface area contributed by atoms with E-state index in [1.807, 2.05) is 0 Å². The van der Waals surface area contributed by atoms with E-state index in [4.69, 9.17) is 24.7 Å². The molecule has 0 saturated carbocycles. The van der Waals surface area contributed by atoms with Crippen molar-refractivity contribution >= 4 is 22.7 Å². The number of carbonyl (C=O) groups excluding carboxylic acids is 2. The van der Waals surface area contributed by atoms with E-state index in [-0.39, 0.29) is 17.9 Å². The van der Waals surface area contributed by atoms with Gasteiger partial charge in [0, 0.05) is 17.0 Å². The molecule has 0 fully saturated rings. The summed E-state index contributed by atoms with van der Waals surface area (Å²) in [5.74, 6) is -0.330. The first-order chi connectivity index (χ1) is 13.1. The summed E-state index contributed by atoms with van der Waals surface area (Å²) in [7, 11) is 2.97. The molecule has 1 atom stereocenters. The van der Waals surface area contributed by atoms with Gasteiger partial charge >= 0.3 is 11.9 Å². The third kappa shape index (κ3) is 4.51. The van der Waals surface area contributed by atoms with Gasteiger partial charge in [-0.15, -0.1) is 0 Å². The van der Waals surface area contributed by atoms with E-state index < -0.39 is 23.6 Å². The highest BCUT2D eigenvalue weighted by Gasteiger charge is 2.28. The molecule has 0 bridgehead atoms. The molecule has 152 valence electrons. The molecule has 1 aromatic carbocycles. The Labute approximate surface area is 163 Å². The Hall–Kier alpha value is -2.87. The monoisotopic (exact) mass is 390 g/mol. The molecular weight excluding hydrogens is 364 g/mol. The van der Waals surface area contributed by atoms with Crippen molar-refractivity contribution in [2.75, 3.05) is 20.8 Å². The predicted molar refractivity (Wildman–Crippen MR) is 104 cm³/mol. The maximum Gasteiger partial charge on any atom is 0.340 e. The minimum absolute atomic E-state index is 0.215. The van der Waals surface area contributed by atoms with E-state index in [0.717, 1.165) is 0 Å². The second-order valence-corrected chi connectivity index (χ2v) is 7.04. The highest BCUT2D eigenvalue weighted by atomic mass is 16.6. The number of nitrogens with zero attached hydrogens (tertiary/aromatic N) is 1. The lowest BCUT2D eigenvalue weighted by Crippen LogP contribution is -2.32. The van der Waals surface area contributed by atoms with Crippen LogP contribution in [-0.4, -0.2) is 43.4 Å². The van der Waals surface area contributed by atoms with Crippen LogP contribution in [0, 0.1) is 0 Å². The number of aromatic nitrogens is 1. The zero-order valence-electron chi connectivity index (χ0n) is 17.0. The van der Waals surface area contributed by atoms with Gasteiger partial charge in [0.1, 0.15) is 11.6 Å². The molecular formula is C20H26N2O6. The maximum absolute atomic E-state index is 12.5. The number of benzene rings is 1. The highest BCUT2D eigenvalue weighted by molar-refractivity contribution is 6.06. The fraction of sp³-hybridized carbons (Fsp3) is 0.450. The number of pyridine rings is 1. The molecule has 0 aliphatic heterocycles. The lowest BCUT2D eigenvalue weighted by atomic mass is 10.0. The quantitative estimate of drug-likeness (QED) is 0.750. The summed E-state index contributed by atoms with van der Waals surface area (Å²) >= 11 is 0. The number of hydrogen-bond donors (Lipinski definition) is 1. The molecule has 0 aliphatic rings. The summed E-state index contributed by atoms with van der Waals surface area (Å²) in [6.45, 7) is 7.18. The number of ether oxygens (including phenoxy) is 4. The molecule has 28 heavy (non-hydrogen) atoms. The van der Waals surface area contributed by atoms with Gasteiger partial charge in [-0.1, -0.05) is 0 Å². The third-order valence-electron chi connectivity index (χ3n) is 3.87. The predicted octanol–water partition coefficient (Wildman–Crippen LogP) is 2.77. The number of methoxy groups -OCH3 is 2. The van der Waals surface area contributed by atoms with Crippen molar-refractivity contribution < 1.29 is 28.5 Å². The molecule has 1 aromatic heterocycles. The second kappa shape index (κ2) is 8.43. The van der Waals surface area contributed by atoms with Crippen molar-refractivity contribution in [1.82, 2.24) is 4.98 Å². The first-order valence-electron chi connectivity index (χ1n) is 8.83. The molecule has 2 aromatic rings. The number of carbonyl (C=O) groups is 2. The molecule has 1 heterocycles. The van der Waals surface area contributed by atoms with Crippen molar-refractivity contribution in [2.24, 2.45) is 5.73 Å². The van der Waals surface area contributed by atoms with Crippen molar-refractivity contribution in [3.63, 3.8) is 0 Å². The van der Waals surface area contributed by atoms with Crippen molar-refractivity contribution in [2.45, 2.75) is 39.3 Å². The Balaban J connectivity index is 2.69. The van der Waals surface area contributed by atoms with Crippen LogP contribution in [0.1, 0.15) is 49.8 Å². The molecule has 8 heteroatoms. The number of rotatable bonds is 6. The fourth-order valence-electron chi connectivity index (χ4n) is 2.68. The van der Waals surface area contributed by atoms with Gasteiger partial charge in [-0.3, -0.25) is 4.98 Å². The van der Waals surface area contributed by atoms with E-state index in [0.29, 0.717) is 22.3 Å². The van der Waals surface area contributed by atoms with Crippen LogP contribution in [0.3, 0.4) is 0 Å². The Morgan fingerprint density at radius 3 is 2.18 bits per heavy atom. The summed E-state index contributed by atoms with van der Waals surface area (Å²) in [6.07, 6.45) is 1.34. The number of esters is 2. The minimum Gasteiger partial charge on any atom is -0.493 e. The van der Waals surface area contributed by atoms with Gasteiger partial charge in [0.05, 0.1) is 32.1 Å². The maximum atomic E-state index is 12.5. The standard InChI is InChI=1S/C20H26N2O6/c1-7-27-18(23)13-10-22-17(16(21)19(24)28-20(2,3)4)12-9-15(26-6)14(25-5)8-11(12)13/h8-10,16H,7,21H2,1-6H3. The van der Waals surface area contributed by atoms with Crippen LogP contribution >= 0.6 is 0 Å². The van der Waals surface area contributed by atoms with Gasteiger partial charge in [-0.25, -0.2) is 9.59 Å². The zero-order valence-corrected chi connectivity index (χ0v) is 17.0. The van der Waals surface area contributed by atoms with Crippen LogP contribution in [0.2, 0.25) is 0 Å². The SMILES string of the molecule is CCOC(=O)c1cnc(C(N)C(=O)OC(C)(C)C)c2cc(OC)c(OC)cc12. The van der Waals surface area contributed by atoms with Crippen LogP contribution in [0.15, 0.2) is 18.3 Å². The van der Waals surface area contributed by atoms with Crippen LogP contribution in [0.25, 0.3) is 10.8 Å². The summed E-state index contributed by atoms with van der Waals surface area (Å²) in [6, 6.07) is 2.12. The van der Waals surface area contributed by atoms with Gasteiger partial charge in [-0.2, -0.15) is 0 Å². The molecule has 2 N–H and O–H groups in total. The van der Waals surface area contributed by atoms with Gasteiger partial charge in [0.15, 0.2) is 11.5 Å². The molecule has 0 aliphatic carbocycles. The van der Waals surface area contributed by atoms with E-state index in [1.165, 1.54) is 20.4 Å². The van der Waals surface area contributed by atoms with Crippen LogP contribution in [0.4, 0.5) is 0 Å². The topological polar surface area (TPSA) is 110 Å². The van der Waals surface area contributed by atoms with Gasteiger partial charge in [0.25, 0.3) is 0 Å². The van der Waals surface area contributed by atoms with Crippen LogP contribution in [-0.2, 0) is 14.3 Å². The van der Waals surface area contributed by atoms with E-state index >= 15 is 0 Å². The summed E-state index contributed by atoms with van der Waals surface area (Å²) in [4.78, 5) is 29.1. The van der Waals surface area contributed by atoms with Crippen molar-refractivity contribution in [1.29, 1.82) is 0 Å². The Morgan fingerprint density at radius 1 is 1.11 bits per heavy atom. The van der Waals surface area contributed by atoms with Crippen molar-refractivity contribution in [3.05, 3.63) is 29.6 Å². The Morgan fingerprint density at radius 2 is 1.68 bits per heavy atom. The number of nitrogens with two attached hydrogens (primary N) is 1. The molecule has 0 radical (unpaired) electrons. The van der Waals surface area contributed by atoms with Gasteiger partial charge in [-0.05, 0) is 39.8 Å². The molecule has 0 spiro atoms. The Bertz CT molecular complexity index is 888. The largest absolute Gasteiger partial charge is 0.493 e. The molecule has 0 saturated heterocycles. The first kappa shape index (κ1) is 21.4. The second-order valence-electron chi connectivity index (χ2n) is 7.04.